The summed E-state index contributed by atoms with van der Waals surface area (Å²) in [6.45, 7) is 6.06. The molecule has 23 heavy (non-hydrogen) atoms. The molecular weight excluding hydrogens is 316 g/mol. The Kier molecular flexibility index (Phi) is 7.16. The molecule has 0 bridgehead atoms. The molecule has 0 unspecified atom stereocenters. The minimum atomic E-state index is -0.270. The van der Waals surface area contributed by atoms with E-state index in [1.54, 1.807) is 11.8 Å². The molecule has 7 nitrogen and oxygen atoms in total. The standard InChI is InChI=1S/C15H26N4O3S/c1-10(2)13-18-14(22-19-13)12(11-4-7-21-8-5-11)17-15(20)16-6-9-23-3/h10-12H,4-9H2,1-3H3,(H2,16,17,20)/t12-/m1/s1. The van der Waals surface area contributed by atoms with Crippen LogP contribution in [0, 0.1) is 5.92 Å². The third kappa shape index (κ3) is 5.39. The highest BCUT2D eigenvalue weighted by molar-refractivity contribution is 7.98. The van der Waals surface area contributed by atoms with Crippen molar-refractivity contribution in [2.75, 3.05) is 31.8 Å². The van der Waals surface area contributed by atoms with Crippen molar-refractivity contribution in [3.05, 3.63) is 11.7 Å². The van der Waals surface area contributed by atoms with Crippen LogP contribution in [0.3, 0.4) is 0 Å². The van der Waals surface area contributed by atoms with Gasteiger partial charge in [-0.25, -0.2) is 4.79 Å². The van der Waals surface area contributed by atoms with E-state index in [1.165, 1.54) is 0 Å². The Balaban J connectivity index is 2.05. The highest BCUT2D eigenvalue weighted by atomic mass is 32.2. The van der Waals surface area contributed by atoms with Gasteiger partial charge in [0.25, 0.3) is 0 Å². The Morgan fingerprint density at radius 2 is 2.13 bits per heavy atom. The molecule has 0 saturated carbocycles. The number of ether oxygens (including phenoxy) is 1. The van der Waals surface area contributed by atoms with Crippen LogP contribution in [-0.2, 0) is 4.74 Å². The number of rotatable bonds is 7. The van der Waals surface area contributed by atoms with Gasteiger partial charge in [0.05, 0.1) is 0 Å². The molecule has 1 aromatic rings. The highest BCUT2D eigenvalue weighted by Gasteiger charge is 2.31. The molecule has 1 aromatic heterocycles. The summed E-state index contributed by atoms with van der Waals surface area (Å²) in [5, 5.41) is 9.89. The minimum absolute atomic E-state index is 0.193. The second-order valence-electron chi connectivity index (χ2n) is 5.97. The summed E-state index contributed by atoms with van der Waals surface area (Å²) in [5.41, 5.74) is 0. The summed E-state index contributed by atoms with van der Waals surface area (Å²) < 4.78 is 10.8. The van der Waals surface area contributed by atoms with Crippen LogP contribution in [-0.4, -0.2) is 47.9 Å². The van der Waals surface area contributed by atoms with Crippen LogP contribution in [0.2, 0.25) is 0 Å². The maximum atomic E-state index is 12.1. The number of carbonyl (C=O) groups is 1. The summed E-state index contributed by atoms with van der Waals surface area (Å²) in [5.74, 6) is 2.48. The Morgan fingerprint density at radius 3 is 2.74 bits per heavy atom. The van der Waals surface area contributed by atoms with Crippen LogP contribution in [0.4, 0.5) is 4.79 Å². The summed E-state index contributed by atoms with van der Waals surface area (Å²) >= 11 is 1.69. The van der Waals surface area contributed by atoms with E-state index < -0.39 is 0 Å². The monoisotopic (exact) mass is 342 g/mol. The molecule has 1 fully saturated rings. The zero-order chi connectivity index (χ0) is 16.7. The van der Waals surface area contributed by atoms with Gasteiger partial charge in [0.2, 0.25) is 5.89 Å². The van der Waals surface area contributed by atoms with E-state index in [0.717, 1.165) is 18.6 Å². The van der Waals surface area contributed by atoms with Crippen molar-refractivity contribution in [2.24, 2.45) is 5.92 Å². The number of carbonyl (C=O) groups excluding carboxylic acids is 1. The molecular formula is C15H26N4O3S. The molecule has 0 radical (unpaired) electrons. The van der Waals surface area contributed by atoms with Gasteiger partial charge in [-0.2, -0.15) is 16.7 Å². The molecule has 0 spiro atoms. The lowest BCUT2D eigenvalue weighted by atomic mass is 9.91. The Morgan fingerprint density at radius 1 is 1.39 bits per heavy atom. The van der Waals surface area contributed by atoms with Crippen molar-refractivity contribution in [1.29, 1.82) is 0 Å². The van der Waals surface area contributed by atoms with Crippen LogP contribution in [0.15, 0.2) is 4.52 Å². The molecule has 2 rings (SSSR count). The van der Waals surface area contributed by atoms with Gasteiger partial charge < -0.3 is 19.9 Å². The van der Waals surface area contributed by atoms with Gasteiger partial charge in [-0.15, -0.1) is 0 Å². The van der Waals surface area contributed by atoms with Crippen molar-refractivity contribution >= 4 is 17.8 Å². The summed E-state index contributed by atoms with van der Waals surface area (Å²) in [4.78, 5) is 16.6. The third-order valence-corrected chi connectivity index (χ3v) is 4.47. The van der Waals surface area contributed by atoms with Crippen molar-refractivity contribution in [2.45, 2.75) is 38.6 Å². The zero-order valence-corrected chi connectivity index (χ0v) is 14.8. The first-order chi connectivity index (χ1) is 11.1. The van der Waals surface area contributed by atoms with Gasteiger partial charge in [-0.3, -0.25) is 0 Å². The molecule has 0 aromatic carbocycles. The molecule has 8 heteroatoms. The zero-order valence-electron chi connectivity index (χ0n) is 14.0. The van der Waals surface area contributed by atoms with Gasteiger partial charge in [0.1, 0.15) is 6.04 Å². The predicted octanol–water partition coefficient (Wildman–Crippen LogP) is 2.32. The Labute approximate surface area is 141 Å². The number of hydrogen-bond acceptors (Lipinski definition) is 6. The lowest BCUT2D eigenvalue weighted by Gasteiger charge is -2.28. The van der Waals surface area contributed by atoms with Crippen LogP contribution >= 0.6 is 11.8 Å². The van der Waals surface area contributed by atoms with E-state index in [1.807, 2.05) is 20.1 Å². The SMILES string of the molecule is CSCCNC(=O)N[C@@H](c1nc(C(C)C)no1)C1CCOCC1. The molecule has 2 heterocycles. The Hall–Kier alpha value is -1.28. The fourth-order valence-electron chi connectivity index (χ4n) is 2.50. The lowest BCUT2D eigenvalue weighted by Crippen LogP contribution is -2.42. The second-order valence-corrected chi connectivity index (χ2v) is 6.95. The highest BCUT2D eigenvalue weighted by Crippen LogP contribution is 2.29. The first-order valence-electron chi connectivity index (χ1n) is 8.06. The fraction of sp³-hybridized carbons (Fsp3) is 0.800. The molecule has 2 N–H and O–H groups in total. The van der Waals surface area contributed by atoms with Crippen molar-refractivity contribution in [1.82, 2.24) is 20.8 Å². The van der Waals surface area contributed by atoms with Crippen LogP contribution in [0.1, 0.15) is 50.4 Å². The molecule has 1 aliphatic rings. The number of nitrogens with one attached hydrogen (secondary N) is 2. The number of amides is 2. The topological polar surface area (TPSA) is 89.3 Å². The molecule has 1 saturated heterocycles. The quantitative estimate of drug-likeness (QED) is 0.739. The summed E-state index contributed by atoms with van der Waals surface area (Å²) in [7, 11) is 0. The first kappa shape index (κ1) is 18.1. The summed E-state index contributed by atoms with van der Waals surface area (Å²) in [6.07, 6.45) is 3.75. The molecule has 2 amide bonds. The van der Waals surface area contributed by atoms with Gasteiger partial charge in [-0.1, -0.05) is 19.0 Å². The smallest absolute Gasteiger partial charge is 0.315 e. The maximum Gasteiger partial charge on any atom is 0.315 e. The second kappa shape index (κ2) is 9.12. The fourth-order valence-corrected chi connectivity index (χ4v) is 2.80. The van der Waals surface area contributed by atoms with E-state index in [9.17, 15) is 4.79 Å². The number of nitrogens with zero attached hydrogens (tertiary/aromatic N) is 2. The van der Waals surface area contributed by atoms with Gasteiger partial charge in [0, 0.05) is 31.4 Å². The number of urea groups is 1. The summed E-state index contributed by atoms with van der Waals surface area (Å²) in [6, 6.07) is -0.465. The normalized spacial score (nSPS) is 17.2. The van der Waals surface area contributed by atoms with Crippen molar-refractivity contribution in [3.8, 4) is 0 Å². The molecule has 0 aliphatic carbocycles. The number of aromatic nitrogens is 2. The maximum absolute atomic E-state index is 12.1. The van der Waals surface area contributed by atoms with E-state index in [2.05, 4.69) is 20.8 Å². The molecule has 1 aliphatic heterocycles. The van der Waals surface area contributed by atoms with Crippen LogP contribution < -0.4 is 10.6 Å². The van der Waals surface area contributed by atoms with Gasteiger partial charge in [-0.05, 0) is 25.0 Å². The van der Waals surface area contributed by atoms with Gasteiger partial charge >= 0.3 is 6.03 Å². The third-order valence-electron chi connectivity index (χ3n) is 3.86. The van der Waals surface area contributed by atoms with Crippen LogP contribution in [0.5, 0.6) is 0 Å². The Bertz CT molecular complexity index is 489. The van der Waals surface area contributed by atoms with E-state index >= 15 is 0 Å². The minimum Gasteiger partial charge on any atom is -0.381 e. The lowest BCUT2D eigenvalue weighted by molar-refractivity contribution is 0.0503. The number of thioether (sulfide) groups is 1. The van der Waals surface area contributed by atoms with Gasteiger partial charge in [0.15, 0.2) is 5.82 Å². The first-order valence-corrected chi connectivity index (χ1v) is 9.45. The van der Waals surface area contributed by atoms with E-state index in [-0.39, 0.29) is 23.9 Å². The van der Waals surface area contributed by atoms with Crippen LogP contribution in [0.25, 0.3) is 0 Å². The van der Waals surface area contributed by atoms with Crippen molar-refractivity contribution < 1.29 is 14.1 Å². The van der Waals surface area contributed by atoms with E-state index in [0.29, 0.717) is 31.5 Å². The molecule has 1 atom stereocenters. The average Bonchev–Trinajstić information content (AvgIpc) is 3.04. The largest absolute Gasteiger partial charge is 0.381 e. The predicted molar refractivity (Wildman–Crippen MR) is 89.6 cm³/mol. The van der Waals surface area contributed by atoms with E-state index in [4.69, 9.17) is 9.26 Å². The molecule has 130 valence electrons. The average molecular weight is 342 g/mol. The van der Waals surface area contributed by atoms with Crippen molar-refractivity contribution in [3.63, 3.8) is 0 Å². The number of hydrogen-bond donors (Lipinski definition) is 2.